The van der Waals surface area contributed by atoms with Crippen molar-refractivity contribution in [1.29, 1.82) is 0 Å². The molecule has 19 heavy (non-hydrogen) atoms. The monoisotopic (exact) mass is 262 g/mol. The smallest absolute Gasteiger partial charge is 0.237 e. The van der Waals surface area contributed by atoms with E-state index in [1.165, 1.54) is 0 Å². The van der Waals surface area contributed by atoms with Gasteiger partial charge in [-0.1, -0.05) is 6.92 Å². The van der Waals surface area contributed by atoms with Crippen LogP contribution in [0.4, 0.5) is 0 Å². The third kappa shape index (κ3) is 2.56. The van der Waals surface area contributed by atoms with Gasteiger partial charge < -0.3 is 4.74 Å². The van der Waals surface area contributed by atoms with E-state index in [9.17, 15) is 0 Å². The highest BCUT2D eigenvalue weighted by Crippen LogP contribution is 2.27. The highest BCUT2D eigenvalue weighted by atomic mass is 16.5. The maximum Gasteiger partial charge on any atom is 0.237 e. The fourth-order valence-electron chi connectivity index (χ4n) is 2.08. The Labute approximate surface area is 111 Å². The second kappa shape index (κ2) is 5.77. The van der Waals surface area contributed by atoms with Crippen LogP contribution in [0.25, 0.3) is 0 Å². The van der Waals surface area contributed by atoms with Crippen LogP contribution >= 0.6 is 0 Å². The van der Waals surface area contributed by atoms with E-state index in [0.717, 1.165) is 17.7 Å². The minimum Gasteiger partial charge on any atom is -0.480 e. The summed E-state index contributed by atoms with van der Waals surface area (Å²) in [6.45, 7) is 2.05. The normalized spacial score (nSPS) is 12.4. The summed E-state index contributed by atoms with van der Waals surface area (Å²) < 4.78 is 7.00. The molecule has 0 aliphatic carbocycles. The molecule has 3 N–H and O–H groups in total. The molecule has 0 aliphatic heterocycles. The summed E-state index contributed by atoms with van der Waals surface area (Å²) >= 11 is 0. The average Bonchev–Trinajstić information content (AvgIpc) is 2.81. The number of nitrogens with zero attached hydrogens (tertiary/aromatic N) is 4. The zero-order valence-corrected chi connectivity index (χ0v) is 11.3. The minimum atomic E-state index is -0.299. The Morgan fingerprint density at radius 3 is 2.79 bits per heavy atom. The number of hydrogen-bond donors (Lipinski definition) is 2. The summed E-state index contributed by atoms with van der Waals surface area (Å²) in [6, 6.07) is -0.299. The van der Waals surface area contributed by atoms with Crippen LogP contribution in [0.2, 0.25) is 0 Å². The van der Waals surface area contributed by atoms with E-state index in [1.807, 2.05) is 20.2 Å². The molecule has 7 nitrogen and oxygen atoms in total. The molecule has 0 amide bonds. The van der Waals surface area contributed by atoms with Crippen molar-refractivity contribution < 1.29 is 4.74 Å². The first-order valence-corrected chi connectivity index (χ1v) is 6.04. The van der Waals surface area contributed by atoms with Crippen molar-refractivity contribution >= 4 is 0 Å². The molecule has 2 aromatic rings. The van der Waals surface area contributed by atoms with Crippen LogP contribution in [0.3, 0.4) is 0 Å². The lowest BCUT2D eigenvalue weighted by Crippen LogP contribution is -2.30. The number of aryl methyl sites for hydroxylation is 2. The second-order valence-corrected chi connectivity index (χ2v) is 4.11. The van der Waals surface area contributed by atoms with E-state index in [2.05, 4.69) is 20.5 Å². The number of nitrogens with one attached hydrogen (secondary N) is 1. The zero-order valence-electron chi connectivity index (χ0n) is 11.3. The van der Waals surface area contributed by atoms with Crippen LogP contribution < -0.4 is 16.0 Å². The van der Waals surface area contributed by atoms with Crippen LogP contribution in [-0.4, -0.2) is 26.9 Å². The molecule has 0 spiro atoms. The molecule has 0 saturated heterocycles. The highest BCUT2D eigenvalue weighted by molar-refractivity contribution is 5.34. The first kappa shape index (κ1) is 13.4. The molecule has 2 aromatic heterocycles. The van der Waals surface area contributed by atoms with Gasteiger partial charge in [0, 0.05) is 31.2 Å². The van der Waals surface area contributed by atoms with E-state index in [1.54, 1.807) is 24.2 Å². The minimum absolute atomic E-state index is 0.299. The number of methoxy groups -OCH3 is 1. The molecule has 2 rings (SSSR count). The van der Waals surface area contributed by atoms with Gasteiger partial charge in [-0.25, -0.2) is 10.4 Å². The molecular weight excluding hydrogens is 244 g/mol. The third-order valence-electron chi connectivity index (χ3n) is 2.91. The van der Waals surface area contributed by atoms with Crippen LogP contribution in [0.15, 0.2) is 18.6 Å². The topological polar surface area (TPSA) is 90.9 Å². The maximum absolute atomic E-state index is 5.68. The van der Waals surface area contributed by atoms with Crippen molar-refractivity contribution in [2.45, 2.75) is 19.4 Å². The fraction of sp³-hybridized carbons (Fsp3) is 0.417. The van der Waals surface area contributed by atoms with Crippen molar-refractivity contribution in [3.05, 3.63) is 35.5 Å². The Balaban J connectivity index is 2.49. The molecule has 0 aliphatic rings. The molecule has 2 heterocycles. The lowest BCUT2D eigenvalue weighted by molar-refractivity contribution is 0.382. The summed E-state index contributed by atoms with van der Waals surface area (Å²) in [5.74, 6) is 6.14. The van der Waals surface area contributed by atoms with Gasteiger partial charge in [-0.15, -0.1) is 0 Å². The van der Waals surface area contributed by atoms with Crippen molar-refractivity contribution in [3.63, 3.8) is 0 Å². The molecule has 1 atom stereocenters. The van der Waals surface area contributed by atoms with Crippen molar-refractivity contribution in [1.82, 2.24) is 25.2 Å². The number of hydrogen-bond acceptors (Lipinski definition) is 6. The second-order valence-electron chi connectivity index (χ2n) is 4.11. The fourth-order valence-corrected chi connectivity index (χ4v) is 2.08. The van der Waals surface area contributed by atoms with Crippen molar-refractivity contribution in [2.24, 2.45) is 12.9 Å². The Hall–Kier alpha value is -1.99. The SMILES string of the molecule is CCc1nn(C)cc1C(NN)c1nccnc1OC. The number of rotatable bonds is 5. The Morgan fingerprint density at radius 1 is 1.42 bits per heavy atom. The van der Waals surface area contributed by atoms with Gasteiger partial charge in [0.25, 0.3) is 0 Å². The van der Waals surface area contributed by atoms with Gasteiger partial charge in [0.05, 0.1) is 18.8 Å². The molecule has 1 unspecified atom stereocenters. The van der Waals surface area contributed by atoms with E-state index in [4.69, 9.17) is 10.6 Å². The molecule has 0 saturated carbocycles. The van der Waals surface area contributed by atoms with Gasteiger partial charge in [0.2, 0.25) is 5.88 Å². The lowest BCUT2D eigenvalue weighted by atomic mass is 10.0. The maximum atomic E-state index is 5.68. The van der Waals surface area contributed by atoms with Crippen LogP contribution in [0, 0.1) is 0 Å². The summed E-state index contributed by atoms with van der Waals surface area (Å²) in [4.78, 5) is 8.46. The average molecular weight is 262 g/mol. The van der Waals surface area contributed by atoms with Gasteiger partial charge in [0.15, 0.2) is 0 Å². The van der Waals surface area contributed by atoms with Crippen LogP contribution in [-0.2, 0) is 13.5 Å². The Morgan fingerprint density at radius 2 is 2.16 bits per heavy atom. The first-order valence-electron chi connectivity index (χ1n) is 6.04. The van der Waals surface area contributed by atoms with Gasteiger partial charge in [-0.05, 0) is 6.42 Å². The lowest BCUT2D eigenvalue weighted by Gasteiger charge is -2.16. The predicted molar refractivity (Wildman–Crippen MR) is 70.3 cm³/mol. The predicted octanol–water partition coefficient (Wildman–Crippen LogP) is 0.334. The number of hydrazine groups is 1. The van der Waals surface area contributed by atoms with Crippen molar-refractivity contribution in [3.8, 4) is 5.88 Å². The highest BCUT2D eigenvalue weighted by Gasteiger charge is 2.23. The van der Waals surface area contributed by atoms with Gasteiger partial charge in [-0.3, -0.25) is 15.5 Å². The molecular formula is C12H18N6O. The summed E-state index contributed by atoms with van der Waals surface area (Å²) in [6.07, 6.45) is 5.94. The van der Waals surface area contributed by atoms with E-state index >= 15 is 0 Å². The molecule has 0 fully saturated rings. The molecule has 0 bridgehead atoms. The molecule has 7 heteroatoms. The van der Waals surface area contributed by atoms with Crippen LogP contribution in [0.1, 0.15) is 29.9 Å². The number of aromatic nitrogens is 4. The third-order valence-corrected chi connectivity index (χ3v) is 2.91. The molecule has 0 radical (unpaired) electrons. The van der Waals surface area contributed by atoms with Crippen LogP contribution in [0.5, 0.6) is 5.88 Å². The quantitative estimate of drug-likeness (QED) is 0.596. The van der Waals surface area contributed by atoms with E-state index < -0.39 is 0 Å². The largest absolute Gasteiger partial charge is 0.480 e. The summed E-state index contributed by atoms with van der Waals surface area (Å²) in [7, 11) is 3.44. The zero-order chi connectivity index (χ0) is 13.8. The van der Waals surface area contributed by atoms with Gasteiger partial charge in [0.1, 0.15) is 5.69 Å². The van der Waals surface area contributed by atoms with Gasteiger partial charge >= 0.3 is 0 Å². The number of ether oxygens (including phenoxy) is 1. The van der Waals surface area contributed by atoms with Crippen molar-refractivity contribution in [2.75, 3.05) is 7.11 Å². The Bertz CT molecular complexity index is 553. The van der Waals surface area contributed by atoms with E-state index in [0.29, 0.717) is 11.6 Å². The van der Waals surface area contributed by atoms with E-state index in [-0.39, 0.29) is 6.04 Å². The standard InChI is InChI=1S/C12H18N6O/c1-4-9-8(7-18(2)17-9)10(16-13)11-12(19-3)15-6-5-14-11/h5-7,10,16H,4,13H2,1-3H3. The summed E-state index contributed by atoms with van der Waals surface area (Å²) in [5, 5.41) is 4.41. The molecule has 102 valence electrons. The number of nitrogens with two attached hydrogens (primary N) is 1. The first-order chi connectivity index (χ1) is 9.21. The summed E-state index contributed by atoms with van der Waals surface area (Å²) in [5.41, 5.74) is 5.36. The Kier molecular flexibility index (Phi) is 4.08. The van der Waals surface area contributed by atoms with Gasteiger partial charge in [-0.2, -0.15) is 5.10 Å². The molecule has 0 aromatic carbocycles.